The molecule has 0 unspecified atom stereocenters. The fourth-order valence-electron chi connectivity index (χ4n) is 2.03. The van der Waals surface area contributed by atoms with Crippen LogP contribution in [0.4, 0.5) is 5.69 Å². The Morgan fingerprint density at radius 3 is 2.42 bits per heavy atom. The lowest BCUT2D eigenvalue weighted by atomic mass is 10.2. The Morgan fingerprint density at radius 1 is 1.00 bits per heavy atom. The third kappa shape index (κ3) is 5.73. The van der Waals surface area contributed by atoms with Crippen LogP contribution in [-0.4, -0.2) is 18.0 Å². The molecule has 0 spiro atoms. The van der Waals surface area contributed by atoms with Crippen molar-refractivity contribution in [1.82, 2.24) is 5.43 Å². The van der Waals surface area contributed by atoms with Gasteiger partial charge in [0.25, 0.3) is 0 Å². The Kier molecular flexibility index (Phi) is 7.45. The molecular formula is C18H16Cl3N3O2. The van der Waals surface area contributed by atoms with Gasteiger partial charge in [-0.3, -0.25) is 9.59 Å². The van der Waals surface area contributed by atoms with Gasteiger partial charge in [-0.15, -0.1) is 0 Å². The zero-order chi connectivity index (χ0) is 19.1. The normalized spacial score (nSPS) is 10.8. The molecule has 0 heterocycles. The lowest BCUT2D eigenvalue weighted by Crippen LogP contribution is -2.21. The summed E-state index contributed by atoms with van der Waals surface area (Å²) in [5.41, 5.74) is 4.32. The second kappa shape index (κ2) is 9.57. The number of benzene rings is 2. The minimum Gasteiger partial charge on any atom is -0.326 e. The van der Waals surface area contributed by atoms with Gasteiger partial charge in [-0.25, -0.2) is 5.43 Å². The van der Waals surface area contributed by atoms with Crippen molar-refractivity contribution in [3.8, 4) is 0 Å². The maximum Gasteiger partial charge on any atom is 0.240 e. The second-order valence-electron chi connectivity index (χ2n) is 5.40. The number of halogens is 3. The number of carbonyl (C=O) groups excluding carboxylic acids is 2. The highest BCUT2D eigenvalue weighted by Gasteiger charge is 2.09. The van der Waals surface area contributed by atoms with Crippen molar-refractivity contribution >= 4 is 58.5 Å². The lowest BCUT2D eigenvalue weighted by molar-refractivity contribution is -0.124. The molecule has 2 aromatic rings. The average molecular weight is 413 g/mol. The summed E-state index contributed by atoms with van der Waals surface area (Å²) in [7, 11) is 0. The standard InChI is InChI=1S/C18H16Cl3N3O2/c1-11-13(19)5-3-7-15(11)23-16(25)8-9-17(26)24-22-10-12-4-2-6-14(20)18(12)21/h2-7,10H,8-9H2,1H3,(H,23,25)(H,24,26). The molecule has 0 saturated heterocycles. The minimum absolute atomic E-state index is 0.00787. The van der Waals surface area contributed by atoms with Crippen LogP contribution in [0.2, 0.25) is 15.1 Å². The predicted molar refractivity (Wildman–Crippen MR) is 106 cm³/mol. The molecule has 0 fully saturated rings. The molecular weight excluding hydrogens is 397 g/mol. The third-order valence-electron chi connectivity index (χ3n) is 3.50. The Hall–Kier alpha value is -2.08. The van der Waals surface area contributed by atoms with E-state index in [1.54, 1.807) is 43.3 Å². The Labute approximate surface area is 166 Å². The van der Waals surface area contributed by atoms with Gasteiger partial charge in [0.2, 0.25) is 11.8 Å². The maximum atomic E-state index is 12.0. The van der Waals surface area contributed by atoms with E-state index in [0.29, 0.717) is 26.3 Å². The van der Waals surface area contributed by atoms with Crippen molar-refractivity contribution in [2.45, 2.75) is 19.8 Å². The summed E-state index contributed by atoms with van der Waals surface area (Å²) in [6.07, 6.45) is 1.40. The summed E-state index contributed by atoms with van der Waals surface area (Å²) in [5, 5.41) is 7.86. The zero-order valence-corrected chi connectivity index (χ0v) is 16.1. The number of hydrogen-bond donors (Lipinski definition) is 2. The highest BCUT2D eigenvalue weighted by Crippen LogP contribution is 2.24. The number of nitrogens with one attached hydrogen (secondary N) is 2. The van der Waals surface area contributed by atoms with Gasteiger partial charge >= 0.3 is 0 Å². The van der Waals surface area contributed by atoms with E-state index in [9.17, 15) is 9.59 Å². The highest BCUT2D eigenvalue weighted by atomic mass is 35.5. The minimum atomic E-state index is -0.391. The van der Waals surface area contributed by atoms with Gasteiger partial charge in [0.15, 0.2) is 0 Å². The van der Waals surface area contributed by atoms with Crippen molar-refractivity contribution in [2.24, 2.45) is 5.10 Å². The number of carbonyl (C=O) groups is 2. The highest BCUT2D eigenvalue weighted by molar-refractivity contribution is 6.43. The summed E-state index contributed by atoms with van der Waals surface area (Å²) in [6, 6.07) is 10.3. The van der Waals surface area contributed by atoms with E-state index >= 15 is 0 Å². The molecule has 2 rings (SSSR count). The summed E-state index contributed by atoms with van der Waals surface area (Å²) in [6.45, 7) is 1.81. The maximum absolute atomic E-state index is 12.0. The molecule has 2 aromatic carbocycles. The van der Waals surface area contributed by atoms with Crippen LogP contribution in [0, 0.1) is 6.92 Å². The third-order valence-corrected chi connectivity index (χ3v) is 4.74. The topological polar surface area (TPSA) is 70.6 Å². The summed E-state index contributed by atoms with van der Waals surface area (Å²) in [4.78, 5) is 23.7. The van der Waals surface area contributed by atoms with Crippen molar-refractivity contribution in [3.63, 3.8) is 0 Å². The fourth-order valence-corrected chi connectivity index (χ4v) is 2.56. The van der Waals surface area contributed by atoms with Gasteiger partial charge < -0.3 is 5.32 Å². The van der Waals surface area contributed by atoms with Crippen molar-refractivity contribution in [3.05, 3.63) is 62.6 Å². The van der Waals surface area contributed by atoms with Crippen LogP contribution in [0.3, 0.4) is 0 Å². The number of anilines is 1. The van der Waals surface area contributed by atoms with Crippen LogP contribution in [0.15, 0.2) is 41.5 Å². The molecule has 26 heavy (non-hydrogen) atoms. The van der Waals surface area contributed by atoms with Gasteiger partial charge in [-0.1, -0.05) is 53.0 Å². The van der Waals surface area contributed by atoms with Gasteiger partial charge in [0.05, 0.1) is 16.3 Å². The van der Waals surface area contributed by atoms with Crippen molar-refractivity contribution in [2.75, 3.05) is 5.32 Å². The largest absolute Gasteiger partial charge is 0.326 e. The average Bonchev–Trinajstić information content (AvgIpc) is 2.61. The summed E-state index contributed by atoms with van der Waals surface area (Å²) < 4.78 is 0. The molecule has 0 saturated carbocycles. The van der Waals surface area contributed by atoms with E-state index in [4.69, 9.17) is 34.8 Å². The SMILES string of the molecule is Cc1c(Cl)cccc1NC(=O)CCC(=O)NN=Cc1cccc(Cl)c1Cl. The molecule has 0 atom stereocenters. The lowest BCUT2D eigenvalue weighted by Gasteiger charge is -2.09. The van der Waals surface area contributed by atoms with Gasteiger partial charge in [-0.2, -0.15) is 5.10 Å². The molecule has 2 amide bonds. The van der Waals surface area contributed by atoms with E-state index in [1.807, 2.05) is 0 Å². The molecule has 5 nitrogen and oxygen atoms in total. The summed E-state index contributed by atoms with van der Waals surface area (Å²) >= 11 is 17.9. The van der Waals surface area contributed by atoms with E-state index in [-0.39, 0.29) is 18.7 Å². The van der Waals surface area contributed by atoms with Crippen molar-refractivity contribution in [1.29, 1.82) is 0 Å². The second-order valence-corrected chi connectivity index (χ2v) is 6.59. The van der Waals surface area contributed by atoms with Crippen LogP contribution in [-0.2, 0) is 9.59 Å². The van der Waals surface area contributed by atoms with Gasteiger partial charge in [0, 0.05) is 29.1 Å². The van der Waals surface area contributed by atoms with Gasteiger partial charge in [-0.05, 0) is 30.7 Å². The van der Waals surface area contributed by atoms with Crippen molar-refractivity contribution < 1.29 is 9.59 Å². The number of hydrazone groups is 1. The molecule has 136 valence electrons. The number of amides is 2. The quantitative estimate of drug-likeness (QED) is 0.527. The van der Waals surface area contributed by atoms with Crippen LogP contribution in [0.5, 0.6) is 0 Å². The Balaban J connectivity index is 1.81. The first kappa shape index (κ1) is 20.2. The molecule has 0 aliphatic rings. The Bertz CT molecular complexity index is 854. The molecule has 0 bridgehead atoms. The fraction of sp³-hybridized carbons (Fsp3) is 0.167. The van der Waals surface area contributed by atoms with Gasteiger partial charge in [0.1, 0.15) is 0 Å². The van der Waals surface area contributed by atoms with E-state index in [2.05, 4.69) is 15.8 Å². The molecule has 0 aliphatic heterocycles. The van der Waals surface area contributed by atoms with E-state index < -0.39 is 5.91 Å². The monoisotopic (exact) mass is 411 g/mol. The molecule has 0 aromatic heterocycles. The first-order valence-corrected chi connectivity index (χ1v) is 8.82. The molecule has 0 radical (unpaired) electrons. The van der Waals surface area contributed by atoms with Crippen LogP contribution >= 0.6 is 34.8 Å². The molecule has 2 N–H and O–H groups in total. The van der Waals surface area contributed by atoms with E-state index in [1.165, 1.54) is 6.21 Å². The predicted octanol–water partition coefficient (Wildman–Crippen LogP) is 4.82. The molecule has 0 aliphatic carbocycles. The smallest absolute Gasteiger partial charge is 0.240 e. The summed E-state index contributed by atoms with van der Waals surface area (Å²) in [5.74, 6) is -0.676. The number of rotatable bonds is 6. The zero-order valence-electron chi connectivity index (χ0n) is 13.9. The number of hydrogen-bond acceptors (Lipinski definition) is 3. The van der Waals surface area contributed by atoms with Crippen LogP contribution in [0.1, 0.15) is 24.0 Å². The first-order valence-electron chi connectivity index (χ1n) is 7.69. The van der Waals surface area contributed by atoms with Crippen LogP contribution < -0.4 is 10.7 Å². The Morgan fingerprint density at radius 2 is 1.65 bits per heavy atom. The first-order chi connectivity index (χ1) is 12.4. The molecule has 8 heteroatoms. The number of nitrogens with zero attached hydrogens (tertiary/aromatic N) is 1. The van der Waals surface area contributed by atoms with E-state index in [0.717, 1.165) is 5.56 Å². The van der Waals surface area contributed by atoms with Crippen LogP contribution in [0.25, 0.3) is 0 Å².